The van der Waals surface area contributed by atoms with Gasteiger partial charge in [0.05, 0.1) is 0 Å². The van der Waals surface area contributed by atoms with Crippen LogP contribution in [0.15, 0.2) is 71.3 Å². The predicted molar refractivity (Wildman–Crippen MR) is 114 cm³/mol. The Kier molecular flexibility index (Phi) is 15.3. The molecule has 1 atom stereocenters. The first-order chi connectivity index (χ1) is 12.0. The fourth-order valence-electron chi connectivity index (χ4n) is 3.07. The summed E-state index contributed by atoms with van der Waals surface area (Å²) in [6.07, 6.45) is 3.36. The van der Waals surface area contributed by atoms with Crippen molar-refractivity contribution < 1.29 is 51.0 Å². The fraction of sp³-hybridized carbons (Fsp3) is 0.292. The van der Waals surface area contributed by atoms with Crippen LogP contribution in [0, 0.1) is 12.0 Å². The van der Waals surface area contributed by atoms with Gasteiger partial charge in [-0.05, 0) is 0 Å². The van der Waals surface area contributed by atoms with Crippen LogP contribution >= 0.6 is 0 Å². The summed E-state index contributed by atoms with van der Waals surface area (Å²) in [6, 6.07) is 19.3. The minimum absolute atomic E-state index is 0. The molecule has 0 saturated carbocycles. The number of benzene rings is 2. The molecule has 0 amide bonds. The second-order valence-electron chi connectivity index (χ2n) is 6.62. The van der Waals surface area contributed by atoms with E-state index in [1.807, 2.05) is 0 Å². The fourth-order valence-corrected chi connectivity index (χ4v) is 3.07. The van der Waals surface area contributed by atoms with Crippen molar-refractivity contribution in [2.24, 2.45) is 5.92 Å². The molecular formula is C24H28Cl2SiZr. The second-order valence-corrected chi connectivity index (χ2v) is 7.62. The van der Waals surface area contributed by atoms with Crippen LogP contribution in [0.4, 0.5) is 0 Å². The van der Waals surface area contributed by atoms with E-state index in [0.717, 1.165) is 9.52 Å². The van der Waals surface area contributed by atoms with E-state index in [9.17, 15) is 0 Å². The monoisotopic (exact) mass is 504 g/mol. The third-order valence-corrected chi connectivity index (χ3v) is 4.76. The molecule has 1 aliphatic carbocycles. The quantitative estimate of drug-likeness (QED) is 0.318. The van der Waals surface area contributed by atoms with Crippen molar-refractivity contribution in [3.8, 4) is 0 Å². The molecule has 2 radical (unpaired) electrons. The first kappa shape index (κ1) is 29.7. The van der Waals surface area contributed by atoms with E-state index in [-0.39, 0.29) is 51.0 Å². The Hall–Kier alpha value is -0.530. The summed E-state index contributed by atoms with van der Waals surface area (Å²) < 4.78 is 0. The number of fused-ring (bicyclic) bond motifs is 3. The summed E-state index contributed by atoms with van der Waals surface area (Å²) in [4.78, 5) is 0. The van der Waals surface area contributed by atoms with E-state index in [2.05, 4.69) is 101 Å². The van der Waals surface area contributed by atoms with Crippen molar-refractivity contribution >= 4 is 31.1 Å². The molecule has 28 heavy (non-hydrogen) atoms. The van der Waals surface area contributed by atoms with Crippen LogP contribution in [0.3, 0.4) is 0 Å². The molecule has 0 aliphatic heterocycles. The van der Waals surface area contributed by atoms with Crippen LogP contribution in [-0.2, 0) is 26.2 Å². The minimum Gasteiger partial charge on any atom is -1.00 e. The molecule has 3 aromatic carbocycles. The second kappa shape index (κ2) is 14.5. The zero-order valence-corrected chi connectivity index (χ0v) is 22.5. The summed E-state index contributed by atoms with van der Waals surface area (Å²) in [5.41, 5.74) is 4.25. The Morgan fingerprint density at radius 2 is 1.21 bits per heavy atom. The van der Waals surface area contributed by atoms with Gasteiger partial charge in [-0.25, -0.2) is 5.57 Å². The average molecular weight is 507 g/mol. The maximum atomic E-state index is 3.36. The van der Waals surface area contributed by atoms with Crippen molar-refractivity contribution in [2.45, 2.75) is 40.8 Å². The Balaban J connectivity index is 0. The molecule has 4 rings (SSSR count). The molecule has 0 fully saturated rings. The van der Waals surface area contributed by atoms with Crippen molar-refractivity contribution in [1.82, 2.24) is 0 Å². The normalized spacial score (nSPS) is 14.5. The van der Waals surface area contributed by atoms with Crippen molar-refractivity contribution in [2.75, 3.05) is 0 Å². The van der Waals surface area contributed by atoms with Crippen LogP contribution < -0.4 is 24.8 Å². The number of hydrogen-bond donors (Lipinski definition) is 0. The zero-order chi connectivity index (χ0) is 18.4. The van der Waals surface area contributed by atoms with Gasteiger partial charge in [-0.3, -0.25) is 6.08 Å². The van der Waals surface area contributed by atoms with Gasteiger partial charge in [-0.1, -0.05) is 76.2 Å². The molecule has 4 heteroatoms. The van der Waals surface area contributed by atoms with Gasteiger partial charge in [0.1, 0.15) is 0 Å². The van der Waals surface area contributed by atoms with E-state index < -0.39 is 0 Å². The summed E-state index contributed by atoms with van der Waals surface area (Å²) in [5.74, 6) is 0.560. The van der Waals surface area contributed by atoms with Crippen LogP contribution in [0.5, 0.6) is 0 Å². The molecule has 146 valence electrons. The molecule has 1 unspecified atom stereocenters. The molecule has 3 aromatic rings. The standard InChI is InChI=1S/C13H9.C9H13.C2H6Si.2ClH.Zr/c1-3-7-12-10(5-1)9-11-6-2-4-8-13(11)12;1-6-5-7(2)9(4)8(6)3;1-3-2;;;/h1-9H;6H,1-4H3;1-2H3;2*1H;/q2*-1;;;;+4/p-2. The molecule has 0 aromatic heterocycles. The molecule has 0 spiro atoms. The Morgan fingerprint density at radius 3 is 1.50 bits per heavy atom. The van der Waals surface area contributed by atoms with Crippen LogP contribution in [-0.4, -0.2) is 9.52 Å². The number of hydrogen-bond acceptors (Lipinski definition) is 0. The molecule has 0 heterocycles. The first-order valence-corrected chi connectivity index (χ1v) is 10.9. The summed E-state index contributed by atoms with van der Waals surface area (Å²) in [6.45, 7) is 13.0. The van der Waals surface area contributed by atoms with Gasteiger partial charge in [0.2, 0.25) is 0 Å². The summed E-state index contributed by atoms with van der Waals surface area (Å²) in [5, 5.41) is 5.39. The number of halogens is 2. The van der Waals surface area contributed by atoms with Crippen LogP contribution in [0.1, 0.15) is 27.7 Å². The SMILES string of the molecule is CC1=[C-]C(C)C(C)=C1C.C[Si]C.[Cl-].[Cl-].[Zr+4].c1ccc2c(c1)[cH-]c1ccccc12. The summed E-state index contributed by atoms with van der Waals surface area (Å²) >= 11 is 0. The van der Waals surface area contributed by atoms with Gasteiger partial charge in [0.25, 0.3) is 0 Å². The first-order valence-electron chi connectivity index (χ1n) is 8.89. The number of allylic oxidation sites excluding steroid dienone is 4. The summed E-state index contributed by atoms with van der Waals surface area (Å²) in [7, 11) is 1.08. The molecular weight excluding hydrogens is 478 g/mol. The Labute approximate surface area is 205 Å². The van der Waals surface area contributed by atoms with Crippen molar-refractivity contribution in [3.05, 3.63) is 77.4 Å². The van der Waals surface area contributed by atoms with E-state index >= 15 is 0 Å². The molecule has 1 aliphatic rings. The van der Waals surface area contributed by atoms with Crippen LogP contribution in [0.25, 0.3) is 21.5 Å². The van der Waals surface area contributed by atoms with Crippen molar-refractivity contribution in [3.63, 3.8) is 0 Å². The molecule has 0 saturated heterocycles. The maximum absolute atomic E-state index is 3.36. The van der Waals surface area contributed by atoms with Gasteiger partial charge in [0.15, 0.2) is 0 Å². The van der Waals surface area contributed by atoms with E-state index in [1.165, 1.54) is 38.3 Å². The largest absolute Gasteiger partial charge is 4.00 e. The van der Waals surface area contributed by atoms with E-state index in [0.29, 0.717) is 5.92 Å². The predicted octanol–water partition coefficient (Wildman–Crippen LogP) is 1.23. The molecule has 0 N–H and O–H groups in total. The molecule has 0 nitrogen and oxygen atoms in total. The average Bonchev–Trinajstić information content (AvgIpc) is 3.09. The van der Waals surface area contributed by atoms with Crippen molar-refractivity contribution in [1.29, 1.82) is 0 Å². The van der Waals surface area contributed by atoms with Gasteiger partial charge in [-0.15, -0.1) is 46.7 Å². The zero-order valence-electron chi connectivity index (χ0n) is 17.5. The van der Waals surface area contributed by atoms with E-state index in [1.54, 1.807) is 0 Å². The van der Waals surface area contributed by atoms with Gasteiger partial charge in [-0.2, -0.15) is 11.1 Å². The van der Waals surface area contributed by atoms with E-state index in [4.69, 9.17) is 0 Å². The third-order valence-electron chi connectivity index (χ3n) is 4.76. The maximum Gasteiger partial charge on any atom is 4.00 e. The number of rotatable bonds is 0. The Morgan fingerprint density at radius 1 is 0.821 bits per heavy atom. The van der Waals surface area contributed by atoms with Crippen LogP contribution in [0.2, 0.25) is 13.1 Å². The van der Waals surface area contributed by atoms with Gasteiger partial charge in [0, 0.05) is 9.52 Å². The molecule has 0 bridgehead atoms. The third kappa shape index (κ3) is 7.38. The smallest absolute Gasteiger partial charge is 1.00 e. The van der Waals surface area contributed by atoms with Gasteiger partial charge < -0.3 is 24.8 Å². The Bertz CT molecular complexity index is 859. The minimum atomic E-state index is 0. The topological polar surface area (TPSA) is 0 Å². The van der Waals surface area contributed by atoms with Gasteiger partial charge >= 0.3 is 26.2 Å².